The largest absolute Gasteiger partial charge is 0.372 e. The number of amides is 1. The van der Waals surface area contributed by atoms with Gasteiger partial charge in [0.25, 0.3) is 5.91 Å². The Kier molecular flexibility index (Phi) is 11.0. The summed E-state index contributed by atoms with van der Waals surface area (Å²) >= 11 is 0. The van der Waals surface area contributed by atoms with Crippen LogP contribution in [0.25, 0.3) is 11.4 Å². The molecule has 4 N–H and O–H groups in total. The van der Waals surface area contributed by atoms with Gasteiger partial charge in [-0.25, -0.2) is 4.98 Å². The number of hydrogen-bond acceptors (Lipinski definition) is 5. The van der Waals surface area contributed by atoms with E-state index in [-0.39, 0.29) is 30.7 Å². The molecule has 3 rings (SSSR count). The molecule has 0 saturated heterocycles. The maximum atomic E-state index is 12.6. The van der Waals surface area contributed by atoms with Crippen molar-refractivity contribution >= 4 is 42.1 Å². The molecule has 0 aliphatic rings. The third kappa shape index (κ3) is 6.95. The maximum Gasteiger partial charge on any atom is 0.255 e. The Morgan fingerprint density at radius 1 is 1.06 bits per heavy atom. The number of anilines is 2. The van der Waals surface area contributed by atoms with Gasteiger partial charge in [-0.2, -0.15) is 5.10 Å². The van der Waals surface area contributed by atoms with Gasteiger partial charge in [0.2, 0.25) is 0 Å². The molecule has 1 aromatic heterocycles. The summed E-state index contributed by atoms with van der Waals surface area (Å²) in [5.74, 6) is 1.09. The van der Waals surface area contributed by atoms with Crippen molar-refractivity contribution in [2.24, 2.45) is 5.73 Å². The molecule has 0 aliphatic carbocycles. The molecule has 1 heterocycles. The van der Waals surface area contributed by atoms with Crippen molar-refractivity contribution in [1.29, 1.82) is 0 Å². The Bertz CT molecular complexity index is 928. The van der Waals surface area contributed by atoms with E-state index in [2.05, 4.69) is 39.2 Å². The summed E-state index contributed by atoms with van der Waals surface area (Å²) < 4.78 is 0. The number of hydrogen-bond donors (Lipinski definition) is 3. The van der Waals surface area contributed by atoms with Gasteiger partial charge in [0.05, 0.1) is 6.54 Å². The van der Waals surface area contributed by atoms with Gasteiger partial charge in [-0.3, -0.25) is 9.89 Å². The number of rotatable bonds is 9. The van der Waals surface area contributed by atoms with Gasteiger partial charge >= 0.3 is 0 Å². The first kappa shape index (κ1) is 26.4. The van der Waals surface area contributed by atoms with Crippen molar-refractivity contribution in [3.63, 3.8) is 0 Å². The van der Waals surface area contributed by atoms with Crippen LogP contribution in [-0.4, -0.2) is 34.2 Å². The van der Waals surface area contributed by atoms with E-state index in [1.807, 2.05) is 48.5 Å². The SMILES string of the molecule is CCCCN(CC)c1ccc(C(=O)Nc2ccc(-c3n[nH]c(CN)n3)cc2)cc1.Cl.Cl. The lowest BCUT2D eigenvalue weighted by molar-refractivity contribution is 0.102. The molecular weight excluding hydrogens is 435 g/mol. The molecule has 2 aromatic carbocycles. The predicted octanol–water partition coefficient (Wildman–Crippen LogP) is 4.65. The summed E-state index contributed by atoms with van der Waals surface area (Å²) in [6, 6.07) is 15.2. The standard InChI is InChI=1S/C22H28N6O.2ClH/c1-3-5-14-28(4-2)19-12-8-17(9-13-19)22(29)24-18-10-6-16(7-11-18)21-25-20(15-23)26-27-21;;/h6-13H,3-5,14-15,23H2,1-2H3,(H,24,29)(H,25,26,27);2*1H. The van der Waals surface area contributed by atoms with E-state index in [0.717, 1.165) is 36.4 Å². The molecule has 0 saturated carbocycles. The van der Waals surface area contributed by atoms with Crippen molar-refractivity contribution in [1.82, 2.24) is 15.2 Å². The fourth-order valence-corrected chi connectivity index (χ4v) is 3.06. The van der Waals surface area contributed by atoms with Crippen molar-refractivity contribution in [2.45, 2.75) is 33.2 Å². The zero-order chi connectivity index (χ0) is 20.6. The number of aromatic amines is 1. The van der Waals surface area contributed by atoms with Gasteiger partial charge in [-0.05, 0) is 61.9 Å². The van der Waals surface area contributed by atoms with Gasteiger partial charge in [-0.15, -0.1) is 24.8 Å². The highest BCUT2D eigenvalue weighted by Gasteiger charge is 2.10. The van der Waals surface area contributed by atoms with Gasteiger partial charge in [0, 0.05) is 35.6 Å². The Balaban J connectivity index is 0.00000240. The van der Waals surface area contributed by atoms with Crippen LogP contribution < -0.4 is 16.0 Å². The van der Waals surface area contributed by atoms with E-state index in [1.54, 1.807) is 0 Å². The average Bonchev–Trinajstić information content (AvgIpc) is 3.24. The fraction of sp³-hybridized carbons (Fsp3) is 0.318. The highest BCUT2D eigenvalue weighted by molar-refractivity contribution is 6.04. The second kappa shape index (κ2) is 12.9. The first-order valence-corrected chi connectivity index (χ1v) is 10.0. The minimum absolute atomic E-state index is 0. The molecule has 0 spiro atoms. The molecule has 1 amide bonds. The van der Waals surface area contributed by atoms with Crippen LogP contribution in [0.1, 0.15) is 42.9 Å². The van der Waals surface area contributed by atoms with Crippen molar-refractivity contribution < 1.29 is 4.79 Å². The quantitative estimate of drug-likeness (QED) is 0.427. The second-order valence-corrected chi connectivity index (χ2v) is 6.82. The molecule has 0 unspecified atom stereocenters. The third-order valence-electron chi connectivity index (χ3n) is 4.78. The van der Waals surface area contributed by atoms with Crippen molar-refractivity contribution in [2.75, 3.05) is 23.3 Å². The first-order valence-electron chi connectivity index (χ1n) is 10.0. The Morgan fingerprint density at radius 3 is 2.29 bits per heavy atom. The molecule has 0 radical (unpaired) electrons. The summed E-state index contributed by atoms with van der Waals surface area (Å²) in [5, 5.41) is 9.86. The number of benzene rings is 2. The van der Waals surface area contributed by atoms with Gasteiger partial charge in [0.15, 0.2) is 5.82 Å². The van der Waals surface area contributed by atoms with Crippen LogP contribution in [-0.2, 0) is 6.54 Å². The van der Waals surface area contributed by atoms with Crippen LogP contribution in [0.3, 0.4) is 0 Å². The summed E-state index contributed by atoms with van der Waals surface area (Å²) in [6.07, 6.45) is 2.33. The minimum Gasteiger partial charge on any atom is -0.372 e. The summed E-state index contributed by atoms with van der Waals surface area (Å²) in [6.45, 7) is 6.64. The van der Waals surface area contributed by atoms with Crippen LogP contribution in [0.5, 0.6) is 0 Å². The number of carbonyl (C=O) groups excluding carboxylic acids is 1. The van der Waals surface area contributed by atoms with Crippen LogP contribution in [0.2, 0.25) is 0 Å². The molecule has 31 heavy (non-hydrogen) atoms. The fourth-order valence-electron chi connectivity index (χ4n) is 3.06. The van der Waals surface area contributed by atoms with Gasteiger partial charge in [0.1, 0.15) is 5.82 Å². The number of carbonyl (C=O) groups is 1. The summed E-state index contributed by atoms with van der Waals surface area (Å²) in [7, 11) is 0. The van der Waals surface area contributed by atoms with E-state index < -0.39 is 0 Å². The molecule has 0 bridgehead atoms. The van der Waals surface area contributed by atoms with Crippen molar-refractivity contribution in [3.05, 3.63) is 59.9 Å². The molecule has 0 atom stereocenters. The smallest absolute Gasteiger partial charge is 0.255 e. The normalized spacial score (nSPS) is 10.0. The van der Waals surface area contributed by atoms with Crippen molar-refractivity contribution in [3.8, 4) is 11.4 Å². The summed E-state index contributed by atoms with van der Waals surface area (Å²) in [4.78, 5) is 19.2. The molecular formula is C22H30Cl2N6O. The maximum absolute atomic E-state index is 12.6. The first-order chi connectivity index (χ1) is 14.1. The zero-order valence-corrected chi connectivity index (χ0v) is 19.4. The lowest BCUT2D eigenvalue weighted by atomic mass is 10.1. The number of nitrogens with one attached hydrogen (secondary N) is 2. The second-order valence-electron chi connectivity index (χ2n) is 6.82. The number of aromatic nitrogens is 3. The highest BCUT2D eigenvalue weighted by Crippen LogP contribution is 2.20. The topological polar surface area (TPSA) is 99.9 Å². The van der Waals surface area contributed by atoms with E-state index in [0.29, 0.717) is 23.8 Å². The number of nitrogens with zero attached hydrogens (tertiary/aromatic N) is 3. The number of nitrogens with two attached hydrogens (primary N) is 1. The van der Waals surface area contributed by atoms with E-state index in [1.165, 1.54) is 6.42 Å². The zero-order valence-electron chi connectivity index (χ0n) is 17.8. The lowest BCUT2D eigenvalue weighted by Crippen LogP contribution is -2.23. The van der Waals surface area contributed by atoms with Crippen LogP contribution >= 0.6 is 24.8 Å². The number of H-pyrrole nitrogens is 1. The predicted molar refractivity (Wildman–Crippen MR) is 131 cm³/mol. The monoisotopic (exact) mass is 464 g/mol. The minimum atomic E-state index is -0.135. The molecule has 0 fully saturated rings. The Morgan fingerprint density at radius 2 is 1.74 bits per heavy atom. The van der Waals surface area contributed by atoms with Crippen LogP contribution in [0.15, 0.2) is 48.5 Å². The van der Waals surface area contributed by atoms with Crippen LogP contribution in [0, 0.1) is 0 Å². The summed E-state index contributed by atoms with van der Waals surface area (Å²) in [5.41, 5.74) is 8.90. The Hall–Kier alpha value is -2.61. The van der Waals surface area contributed by atoms with E-state index in [9.17, 15) is 4.79 Å². The van der Waals surface area contributed by atoms with Crippen LogP contribution in [0.4, 0.5) is 11.4 Å². The lowest BCUT2D eigenvalue weighted by Gasteiger charge is -2.23. The van der Waals surface area contributed by atoms with E-state index in [4.69, 9.17) is 5.73 Å². The van der Waals surface area contributed by atoms with E-state index >= 15 is 0 Å². The van der Waals surface area contributed by atoms with Gasteiger partial charge in [-0.1, -0.05) is 13.3 Å². The average molecular weight is 465 g/mol. The third-order valence-corrected chi connectivity index (χ3v) is 4.78. The molecule has 9 heteroatoms. The number of unbranched alkanes of at least 4 members (excludes halogenated alkanes) is 1. The Labute approximate surface area is 195 Å². The number of halogens is 2. The molecule has 7 nitrogen and oxygen atoms in total. The molecule has 3 aromatic rings. The molecule has 0 aliphatic heterocycles. The highest BCUT2D eigenvalue weighted by atomic mass is 35.5. The van der Waals surface area contributed by atoms with Gasteiger partial charge < -0.3 is 16.0 Å². The molecule has 168 valence electrons.